The molecule has 9 nitrogen and oxygen atoms in total. The molecule has 10 heteroatoms. The second-order valence-electron chi connectivity index (χ2n) is 32.4. The second kappa shape index (κ2) is 82.3. The summed E-state index contributed by atoms with van der Waals surface area (Å²) in [4.78, 5) is 36.1. The molecule has 2 atom stereocenters. The van der Waals surface area contributed by atoms with E-state index in [9.17, 15) is 19.0 Å². The second-order valence-corrected chi connectivity index (χ2v) is 33.8. The van der Waals surface area contributed by atoms with Crippen LogP contribution in [0.15, 0.2) is 36.5 Å². The topological polar surface area (TPSA) is 108 Å². The summed E-state index contributed by atoms with van der Waals surface area (Å²) in [7, 11) is 1.51. The van der Waals surface area contributed by atoms with Crippen molar-refractivity contribution >= 4 is 19.8 Å². The van der Waals surface area contributed by atoms with Crippen LogP contribution >= 0.6 is 7.82 Å². The van der Waals surface area contributed by atoms with E-state index < -0.39 is 26.5 Å². The summed E-state index contributed by atoms with van der Waals surface area (Å²) in [6.07, 6.45) is 109. The smallest absolute Gasteiger partial charge is 0.462 e. The van der Waals surface area contributed by atoms with Gasteiger partial charge in [0.1, 0.15) is 19.8 Å². The number of hydrogen-bond donors (Lipinski definition) is 1. The van der Waals surface area contributed by atoms with E-state index in [1.165, 1.54) is 405 Å². The third-order valence-electron chi connectivity index (χ3n) is 20.9. The molecule has 0 fully saturated rings. The molecule has 0 aliphatic heterocycles. The fourth-order valence-electron chi connectivity index (χ4n) is 14.0. The Morgan fingerprint density at radius 1 is 0.307 bits per heavy atom. The van der Waals surface area contributed by atoms with Crippen molar-refractivity contribution in [3.63, 3.8) is 0 Å². The van der Waals surface area contributed by atoms with Gasteiger partial charge in [-0.2, -0.15) is 0 Å². The first-order chi connectivity index (χ1) is 49.5. The van der Waals surface area contributed by atoms with E-state index in [4.69, 9.17) is 18.5 Å². The highest BCUT2D eigenvalue weighted by Crippen LogP contribution is 2.43. The van der Waals surface area contributed by atoms with Crippen LogP contribution in [0.3, 0.4) is 0 Å². The number of allylic oxidation sites excluding steroid dienone is 6. The maximum atomic E-state index is 12.9. The summed E-state index contributed by atoms with van der Waals surface area (Å²) in [5.41, 5.74) is 0. The minimum Gasteiger partial charge on any atom is -0.462 e. The van der Waals surface area contributed by atoms with Crippen molar-refractivity contribution in [3.8, 4) is 0 Å². The molecule has 0 aromatic rings. The quantitative estimate of drug-likeness (QED) is 0.0211. The van der Waals surface area contributed by atoms with Gasteiger partial charge < -0.3 is 18.9 Å². The first-order valence-electron chi connectivity index (χ1n) is 45.2. The maximum absolute atomic E-state index is 12.9. The molecule has 0 spiro atoms. The van der Waals surface area contributed by atoms with Gasteiger partial charge in [-0.1, -0.05) is 455 Å². The van der Waals surface area contributed by atoms with Gasteiger partial charge in [0.25, 0.3) is 0 Å². The number of ether oxygens (including phenoxy) is 2. The van der Waals surface area contributed by atoms with Crippen molar-refractivity contribution in [2.75, 3.05) is 47.5 Å². The molecular weight excluding hydrogens is 1270 g/mol. The van der Waals surface area contributed by atoms with Crippen LogP contribution in [0.1, 0.15) is 483 Å². The molecule has 101 heavy (non-hydrogen) atoms. The van der Waals surface area contributed by atoms with E-state index in [0.717, 1.165) is 44.9 Å². The van der Waals surface area contributed by atoms with Crippen LogP contribution in [0, 0.1) is 0 Å². The highest BCUT2D eigenvalue weighted by atomic mass is 31.2. The number of unbranched alkanes of at least 4 members (excludes halogenated alkanes) is 66. The lowest BCUT2D eigenvalue weighted by Gasteiger charge is -2.24. The third-order valence-corrected chi connectivity index (χ3v) is 21.9. The zero-order chi connectivity index (χ0) is 73.3. The predicted octanol–water partition coefficient (Wildman–Crippen LogP) is 30.5. The Morgan fingerprint density at radius 2 is 0.535 bits per heavy atom. The van der Waals surface area contributed by atoms with E-state index in [1.807, 2.05) is 21.1 Å². The lowest BCUT2D eigenvalue weighted by molar-refractivity contribution is -0.870. The van der Waals surface area contributed by atoms with Gasteiger partial charge in [0.15, 0.2) is 6.10 Å². The first-order valence-corrected chi connectivity index (χ1v) is 46.7. The van der Waals surface area contributed by atoms with Gasteiger partial charge in [-0.15, -0.1) is 0 Å². The molecule has 2 unspecified atom stereocenters. The number of esters is 2. The lowest BCUT2D eigenvalue weighted by atomic mass is 10.0. The van der Waals surface area contributed by atoms with E-state index in [-0.39, 0.29) is 25.6 Å². The number of phosphoric ester groups is 1. The largest absolute Gasteiger partial charge is 0.472 e. The highest BCUT2D eigenvalue weighted by molar-refractivity contribution is 7.47. The Hall–Kier alpha value is -1.77. The van der Waals surface area contributed by atoms with Crippen LogP contribution < -0.4 is 0 Å². The van der Waals surface area contributed by atoms with Gasteiger partial charge in [-0.05, 0) is 51.4 Å². The van der Waals surface area contributed by atoms with Crippen molar-refractivity contribution < 1.29 is 42.1 Å². The normalized spacial score (nSPS) is 13.0. The van der Waals surface area contributed by atoms with Crippen molar-refractivity contribution in [2.45, 2.75) is 489 Å². The minimum absolute atomic E-state index is 0.0357. The molecule has 0 aromatic carbocycles. The van der Waals surface area contributed by atoms with Gasteiger partial charge >= 0.3 is 19.8 Å². The molecular formula is C91H177NO8P+. The highest BCUT2D eigenvalue weighted by Gasteiger charge is 2.27. The van der Waals surface area contributed by atoms with Gasteiger partial charge in [0.2, 0.25) is 0 Å². The summed E-state index contributed by atoms with van der Waals surface area (Å²) >= 11 is 0. The molecule has 0 saturated heterocycles. The van der Waals surface area contributed by atoms with E-state index in [0.29, 0.717) is 23.9 Å². The Labute approximate surface area is 631 Å². The van der Waals surface area contributed by atoms with Gasteiger partial charge in [0.05, 0.1) is 27.7 Å². The van der Waals surface area contributed by atoms with Gasteiger partial charge in [-0.25, -0.2) is 4.57 Å². The van der Waals surface area contributed by atoms with Crippen LogP contribution in [0.2, 0.25) is 0 Å². The Bertz CT molecular complexity index is 1800. The SMILES string of the molecule is CCCCCCC/C=C\C/C=C\C/C=C\CCCCCCCCCCCCCCCCCCCCCCCCC(=O)OC(COC(=O)CCCCCCCCCCCCCCCCCCCCCCCCCCCCCCCCCCCCCCCCCC)COP(=O)(O)OCC[N+](C)(C)C. The number of hydrogen-bond acceptors (Lipinski definition) is 7. The fourth-order valence-corrected chi connectivity index (χ4v) is 14.8. The standard InChI is InChI=1S/C91H176NO8P/c1-6-8-10-12-14-16-18-20-22-24-26-28-30-32-34-36-38-40-42-44-45-46-48-49-51-53-55-57-59-61-63-65-67-69-71-73-75-77-79-81-83-90(93)97-87-89(88-99-101(95,96)98-86-85-92(3,4)5)100-91(94)84-82-80-78-76-74-72-70-68-66-64-62-60-58-56-54-52-50-47-43-41-39-37-35-33-31-29-27-25-23-21-19-17-15-13-11-9-7-2/h19,21,25,27,31,33,89H,6-18,20,22-24,26,28-30,32,34-88H2,1-5H3/p+1/b21-19-,27-25-,33-31-. The van der Waals surface area contributed by atoms with Crippen LogP contribution in [0.25, 0.3) is 0 Å². The van der Waals surface area contributed by atoms with Crippen molar-refractivity contribution in [1.82, 2.24) is 0 Å². The number of rotatable bonds is 86. The summed E-state index contributed by atoms with van der Waals surface area (Å²) in [6, 6.07) is 0. The minimum atomic E-state index is -4.39. The summed E-state index contributed by atoms with van der Waals surface area (Å²) in [5, 5.41) is 0. The number of carbonyl (C=O) groups is 2. The molecule has 0 aliphatic rings. The molecule has 598 valence electrons. The van der Waals surface area contributed by atoms with Crippen LogP contribution in [-0.2, 0) is 32.7 Å². The molecule has 0 rings (SSSR count). The summed E-state index contributed by atoms with van der Waals surface area (Å²) < 4.78 is 34.9. The molecule has 0 bridgehead atoms. The van der Waals surface area contributed by atoms with Crippen molar-refractivity contribution in [2.24, 2.45) is 0 Å². The number of phosphoric acid groups is 1. The predicted molar refractivity (Wildman–Crippen MR) is 441 cm³/mol. The van der Waals surface area contributed by atoms with Crippen molar-refractivity contribution in [3.05, 3.63) is 36.5 Å². The van der Waals surface area contributed by atoms with Crippen LogP contribution in [0.4, 0.5) is 0 Å². The molecule has 0 aromatic heterocycles. The molecule has 1 N–H and O–H groups in total. The molecule has 0 amide bonds. The molecule has 0 aliphatic carbocycles. The molecule has 0 saturated carbocycles. The zero-order valence-electron chi connectivity index (χ0n) is 68.7. The van der Waals surface area contributed by atoms with Gasteiger partial charge in [-0.3, -0.25) is 18.6 Å². The monoisotopic (exact) mass is 1440 g/mol. The number of carbonyl (C=O) groups excluding carboxylic acids is 2. The van der Waals surface area contributed by atoms with E-state index >= 15 is 0 Å². The van der Waals surface area contributed by atoms with E-state index in [2.05, 4.69) is 50.3 Å². The number of nitrogens with zero attached hydrogens (tertiary/aromatic N) is 1. The van der Waals surface area contributed by atoms with Gasteiger partial charge in [0, 0.05) is 12.8 Å². The molecule has 0 radical (unpaired) electrons. The van der Waals surface area contributed by atoms with Crippen LogP contribution in [0.5, 0.6) is 0 Å². The Kier molecular flexibility index (Phi) is 80.8. The van der Waals surface area contributed by atoms with Crippen molar-refractivity contribution in [1.29, 1.82) is 0 Å². The fraction of sp³-hybridized carbons (Fsp3) is 0.912. The average Bonchev–Trinajstić information content (AvgIpc) is 0.958. The maximum Gasteiger partial charge on any atom is 0.472 e. The first kappa shape index (κ1) is 99.2. The molecule has 0 heterocycles. The Morgan fingerprint density at radius 3 is 0.792 bits per heavy atom. The summed E-state index contributed by atoms with van der Waals surface area (Å²) in [5.74, 6) is -0.767. The van der Waals surface area contributed by atoms with E-state index in [1.54, 1.807) is 0 Å². The summed E-state index contributed by atoms with van der Waals surface area (Å²) in [6.45, 7) is 4.52. The third kappa shape index (κ3) is 87.0. The average molecular weight is 1440 g/mol. The number of likely N-dealkylation sites (N-methyl/N-ethyl adjacent to an activating group) is 1. The Balaban J connectivity index is 3.83. The number of quaternary nitrogens is 1. The zero-order valence-corrected chi connectivity index (χ0v) is 69.6. The van der Waals surface area contributed by atoms with Crippen LogP contribution in [-0.4, -0.2) is 74.9 Å². The lowest BCUT2D eigenvalue weighted by Crippen LogP contribution is -2.37.